The highest BCUT2D eigenvalue weighted by Crippen LogP contribution is 2.23. The second-order valence-corrected chi connectivity index (χ2v) is 9.66. The zero-order valence-electron chi connectivity index (χ0n) is 16.8. The van der Waals surface area contributed by atoms with E-state index in [9.17, 15) is 17.6 Å². The Morgan fingerprint density at radius 1 is 0.903 bits per heavy atom. The smallest absolute Gasteiger partial charge is 0.264 e. The molecule has 0 aliphatic carbocycles. The van der Waals surface area contributed by atoms with Crippen LogP contribution in [0.4, 0.5) is 10.1 Å². The SMILES string of the molecule is O=C(CN(c1ccccc1)S(=O)(=O)c1ccc(F)cc1)NCCSCc1ccccc1. The van der Waals surface area contributed by atoms with E-state index in [2.05, 4.69) is 5.32 Å². The molecule has 1 amide bonds. The number of anilines is 1. The number of amides is 1. The molecule has 8 heteroatoms. The van der Waals surface area contributed by atoms with Gasteiger partial charge in [0.05, 0.1) is 10.6 Å². The van der Waals surface area contributed by atoms with Gasteiger partial charge in [0.25, 0.3) is 10.0 Å². The molecule has 0 spiro atoms. The number of halogens is 1. The summed E-state index contributed by atoms with van der Waals surface area (Å²) in [6, 6.07) is 23.0. The lowest BCUT2D eigenvalue weighted by Gasteiger charge is -2.24. The highest BCUT2D eigenvalue weighted by atomic mass is 32.2. The maximum Gasteiger partial charge on any atom is 0.264 e. The first-order valence-electron chi connectivity index (χ1n) is 9.68. The van der Waals surface area contributed by atoms with Crippen molar-refractivity contribution in [3.8, 4) is 0 Å². The first-order valence-corrected chi connectivity index (χ1v) is 12.3. The Morgan fingerprint density at radius 3 is 2.16 bits per heavy atom. The van der Waals surface area contributed by atoms with Crippen LogP contribution in [0, 0.1) is 5.82 Å². The van der Waals surface area contributed by atoms with Crippen LogP contribution in [0.5, 0.6) is 0 Å². The Bertz CT molecular complexity index is 1080. The van der Waals surface area contributed by atoms with Gasteiger partial charge in [0.2, 0.25) is 5.91 Å². The van der Waals surface area contributed by atoms with Gasteiger partial charge in [-0.2, -0.15) is 11.8 Å². The molecule has 3 rings (SSSR count). The molecule has 3 aromatic carbocycles. The van der Waals surface area contributed by atoms with Crippen molar-refractivity contribution in [3.63, 3.8) is 0 Å². The standard InChI is InChI=1S/C23H23FN2O3S2/c24-20-11-13-22(14-12-20)31(28,29)26(21-9-5-2-6-10-21)17-23(27)25-15-16-30-18-19-7-3-1-4-8-19/h1-14H,15-18H2,(H,25,27). The van der Waals surface area contributed by atoms with Gasteiger partial charge < -0.3 is 5.32 Å². The molecule has 0 fully saturated rings. The molecule has 0 aliphatic rings. The van der Waals surface area contributed by atoms with Gasteiger partial charge in [-0.1, -0.05) is 48.5 Å². The fraction of sp³-hybridized carbons (Fsp3) is 0.174. The number of para-hydroxylation sites is 1. The predicted octanol–water partition coefficient (Wildman–Crippen LogP) is 4.07. The van der Waals surface area contributed by atoms with E-state index < -0.39 is 21.7 Å². The van der Waals surface area contributed by atoms with Crippen molar-refractivity contribution >= 4 is 33.4 Å². The van der Waals surface area contributed by atoms with Crippen LogP contribution >= 0.6 is 11.8 Å². The normalized spacial score (nSPS) is 11.1. The van der Waals surface area contributed by atoms with E-state index in [0.717, 1.165) is 22.2 Å². The summed E-state index contributed by atoms with van der Waals surface area (Å²) in [6.07, 6.45) is 0. The minimum Gasteiger partial charge on any atom is -0.354 e. The molecule has 0 atom stereocenters. The van der Waals surface area contributed by atoms with E-state index in [-0.39, 0.29) is 11.4 Å². The van der Waals surface area contributed by atoms with Crippen molar-refractivity contribution in [2.24, 2.45) is 0 Å². The van der Waals surface area contributed by atoms with E-state index in [1.165, 1.54) is 17.7 Å². The number of hydrogen-bond donors (Lipinski definition) is 1. The first-order chi connectivity index (χ1) is 15.0. The number of benzene rings is 3. The summed E-state index contributed by atoms with van der Waals surface area (Å²) in [7, 11) is -4.04. The zero-order chi connectivity index (χ0) is 22.1. The lowest BCUT2D eigenvalue weighted by atomic mass is 10.2. The molecule has 0 heterocycles. The minimum absolute atomic E-state index is 0.0797. The summed E-state index contributed by atoms with van der Waals surface area (Å²) >= 11 is 1.69. The van der Waals surface area contributed by atoms with E-state index in [1.807, 2.05) is 30.3 Å². The Balaban J connectivity index is 1.62. The first kappa shape index (κ1) is 22.8. The second-order valence-electron chi connectivity index (χ2n) is 6.69. The summed E-state index contributed by atoms with van der Waals surface area (Å²) in [5.41, 5.74) is 1.57. The van der Waals surface area contributed by atoms with Gasteiger partial charge in [0.15, 0.2) is 0 Å². The van der Waals surface area contributed by atoms with Gasteiger partial charge in [-0.3, -0.25) is 9.10 Å². The average Bonchev–Trinajstić information content (AvgIpc) is 2.79. The molecule has 0 bridgehead atoms. The fourth-order valence-corrected chi connectivity index (χ4v) is 5.10. The fourth-order valence-electron chi connectivity index (χ4n) is 2.86. The third-order valence-corrected chi connectivity index (χ3v) is 7.23. The number of rotatable bonds is 10. The number of carbonyl (C=O) groups excluding carboxylic acids is 1. The molecule has 0 aliphatic heterocycles. The van der Waals surface area contributed by atoms with Crippen molar-refractivity contribution in [2.75, 3.05) is 23.1 Å². The number of hydrogen-bond acceptors (Lipinski definition) is 4. The number of carbonyl (C=O) groups is 1. The monoisotopic (exact) mass is 458 g/mol. The van der Waals surface area contributed by atoms with Crippen molar-refractivity contribution in [2.45, 2.75) is 10.6 Å². The zero-order valence-corrected chi connectivity index (χ0v) is 18.4. The van der Waals surface area contributed by atoms with Gasteiger partial charge in [0, 0.05) is 18.1 Å². The molecule has 162 valence electrons. The van der Waals surface area contributed by atoms with Crippen molar-refractivity contribution in [3.05, 3.63) is 96.3 Å². The molecular formula is C23H23FN2O3S2. The number of thioether (sulfide) groups is 1. The average molecular weight is 459 g/mol. The number of sulfonamides is 1. The third kappa shape index (κ3) is 6.57. The third-order valence-electron chi connectivity index (χ3n) is 4.41. The summed E-state index contributed by atoms with van der Waals surface area (Å²) in [4.78, 5) is 12.4. The maximum atomic E-state index is 13.2. The van der Waals surface area contributed by atoms with Crippen LogP contribution in [0.3, 0.4) is 0 Å². The Hall–Kier alpha value is -2.84. The van der Waals surface area contributed by atoms with Crippen LogP contribution in [-0.2, 0) is 20.6 Å². The minimum atomic E-state index is -4.04. The van der Waals surface area contributed by atoms with Crippen LogP contribution in [0.1, 0.15) is 5.56 Å². The molecule has 31 heavy (non-hydrogen) atoms. The molecule has 0 aromatic heterocycles. The highest BCUT2D eigenvalue weighted by Gasteiger charge is 2.27. The Kier molecular flexibility index (Phi) is 8.08. The lowest BCUT2D eigenvalue weighted by Crippen LogP contribution is -2.41. The molecule has 0 unspecified atom stereocenters. The van der Waals surface area contributed by atoms with Gasteiger partial charge in [-0.25, -0.2) is 12.8 Å². The molecule has 0 saturated carbocycles. The van der Waals surface area contributed by atoms with Gasteiger partial charge >= 0.3 is 0 Å². The molecule has 1 N–H and O–H groups in total. The largest absolute Gasteiger partial charge is 0.354 e. The van der Waals surface area contributed by atoms with Crippen molar-refractivity contribution in [1.29, 1.82) is 0 Å². The molecule has 3 aromatic rings. The maximum absolute atomic E-state index is 13.2. The summed E-state index contributed by atoms with van der Waals surface area (Å²) < 4.78 is 40.5. The molecule has 5 nitrogen and oxygen atoms in total. The Labute approximate surface area is 186 Å². The molecule has 0 saturated heterocycles. The van der Waals surface area contributed by atoms with Crippen molar-refractivity contribution in [1.82, 2.24) is 5.32 Å². The van der Waals surface area contributed by atoms with Gasteiger partial charge in [-0.15, -0.1) is 0 Å². The van der Waals surface area contributed by atoms with Crippen LogP contribution in [0.15, 0.2) is 89.8 Å². The quantitative estimate of drug-likeness (QED) is 0.465. The van der Waals surface area contributed by atoms with E-state index in [4.69, 9.17) is 0 Å². The highest BCUT2D eigenvalue weighted by molar-refractivity contribution is 7.98. The van der Waals surface area contributed by atoms with Gasteiger partial charge in [0.1, 0.15) is 12.4 Å². The molecular weight excluding hydrogens is 435 g/mol. The van der Waals surface area contributed by atoms with E-state index in [0.29, 0.717) is 18.0 Å². The van der Waals surface area contributed by atoms with Crippen LogP contribution in [0.25, 0.3) is 0 Å². The molecule has 0 radical (unpaired) electrons. The second kappa shape index (κ2) is 11.0. The summed E-state index contributed by atoms with van der Waals surface area (Å²) in [5.74, 6) is 0.605. The van der Waals surface area contributed by atoms with E-state index in [1.54, 1.807) is 42.1 Å². The van der Waals surface area contributed by atoms with E-state index >= 15 is 0 Å². The number of nitrogens with one attached hydrogen (secondary N) is 1. The van der Waals surface area contributed by atoms with Crippen LogP contribution < -0.4 is 9.62 Å². The van der Waals surface area contributed by atoms with Crippen LogP contribution in [-0.4, -0.2) is 33.2 Å². The van der Waals surface area contributed by atoms with Crippen molar-refractivity contribution < 1.29 is 17.6 Å². The predicted molar refractivity (Wildman–Crippen MR) is 123 cm³/mol. The lowest BCUT2D eigenvalue weighted by molar-refractivity contribution is -0.119. The summed E-state index contributed by atoms with van der Waals surface area (Å²) in [6.45, 7) is 0.0582. The topological polar surface area (TPSA) is 66.5 Å². The summed E-state index contributed by atoms with van der Waals surface area (Å²) in [5, 5.41) is 2.78. The number of nitrogens with zero attached hydrogens (tertiary/aromatic N) is 1. The Morgan fingerprint density at radius 2 is 1.52 bits per heavy atom. The van der Waals surface area contributed by atoms with Crippen LogP contribution in [0.2, 0.25) is 0 Å². The van der Waals surface area contributed by atoms with Gasteiger partial charge in [-0.05, 0) is 42.0 Å².